The fraction of sp³-hybridized carbons (Fsp3) is 0.133. The molecule has 0 saturated heterocycles. The molecule has 0 aliphatic heterocycles. The molecule has 8 nitrogen and oxygen atoms in total. The fourth-order valence-corrected chi connectivity index (χ4v) is 3.57. The van der Waals surface area contributed by atoms with Gasteiger partial charge in [-0.3, -0.25) is 9.59 Å². The summed E-state index contributed by atoms with van der Waals surface area (Å²) in [5, 5.41) is 5.46. The first-order valence-electron chi connectivity index (χ1n) is 12.0. The lowest BCUT2D eigenvalue weighted by molar-refractivity contribution is -0.117. The molecule has 0 bridgehead atoms. The molecule has 39 heavy (non-hydrogen) atoms. The highest BCUT2D eigenvalue weighted by Crippen LogP contribution is 2.27. The van der Waals surface area contributed by atoms with E-state index < -0.39 is 11.8 Å². The summed E-state index contributed by atoms with van der Waals surface area (Å²) in [4.78, 5) is 26.0. The highest BCUT2D eigenvalue weighted by molar-refractivity contribution is 6.05. The van der Waals surface area contributed by atoms with Gasteiger partial charge < -0.3 is 29.3 Å². The molecule has 2 N–H and O–H groups in total. The van der Waals surface area contributed by atoms with Gasteiger partial charge in [0.2, 0.25) is 0 Å². The Labute approximate surface area is 225 Å². The third kappa shape index (κ3) is 7.48. The van der Waals surface area contributed by atoms with E-state index in [0.717, 1.165) is 11.1 Å². The minimum Gasteiger partial charge on any atom is -0.493 e. The molecule has 0 atom stereocenters. The van der Waals surface area contributed by atoms with E-state index >= 15 is 0 Å². The lowest BCUT2D eigenvalue weighted by Crippen LogP contribution is -2.34. The number of methoxy groups -OCH3 is 2. The van der Waals surface area contributed by atoms with Gasteiger partial charge >= 0.3 is 0 Å². The largest absolute Gasteiger partial charge is 0.493 e. The molecule has 0 saturated carbocycles. The molecule has 1 aromatic heterocycles. The molecule has 3 aromatic carbocycles. The third-order valence-electron chi connectivity index (χ3n) is 5.66. The molecule has 4 rings (SSSR count). The van der Waals surface area contributed by atoms with Crippen molar-refractivity contribution in [3.8, 4) is 17.2 Å². The van der Waals surface area contributed by atoms with Crippen LogP contribution in [0.3, 0.4) is 0 Å². The molecule has 0 fully saturated rings. The van der Waals surface area contributed by atoms with Crippen LogP contribution in [0.1, 0.15) is 27.2 Å². The summed E-state index contributed by atoms with van der Waals surface area (Å²) in [5.74, 6) is 0.586. The van der Waals surface area contributed by atoms with E-state index in [4.69, 9.17) is 18.6 Å². The maximum absolute atomic E-state index is 13.1. The van der Waals surface area contributed by atoms with Gasteiger partial charge in [-0.1, -0.05) is 24.3 Å². The van der Waals surface area contributed by atoms with Crippen molar-refractivity contribution < 1.29 is 32.6 Å². The van der Waals surface area contributed by atoms with Crippen molar-refractivity contribution in [1.29, 1.82) is 0 Å². The smallest absolute Gasteiger partial charge is 0.268 e. The topological polar surface area (TPSA) is 99.0 Å². The first-order chi connectivity index (χ1) is 18.9. The Hall–Kier alpha value is -5.05. The van der Waals surface area contributed by atoms with Gasteiger partial charge in [-0.05, 0) is 65.7 Å². The van der Waals surface area contributed by atoms with Gasteiger partial charge in [-0.15, -0.1) is 0 Å². The van der Waals surface area contributed by atoms with Crippen LogP contribution >= 0.6 is 0 Å². The van der Waals surface area contributed by atoms with Crippen molar-refractivity contribution in [2.24, 2.45) is 0 Å². The van der Waals surface area contributed by atoms with Crippen molar-refractivity contribution in [2.75, 3.05) is 14.2 Å². The lowest BCUT2D eigenvalue weighted by Gasteiger charge is -2.13. The fourth-order valence-electron chi connectivity index (χ4n) is 3.57. The molecule has 2 amide bonds. The van der Waals surface area contributed by atoms with Crippen LogP contribution in [0, 0.1) is 5.82 Å². The molecule has 0 aliphatic carbocycles. The van der Waals surface area contributed by atoms with Gasteiger partial charge in [0.05, 0.1) is 20.5 Å². The number of nitrogens with one attached hydrogen (secondary N) is 2. The molecule has 0 radical (unpaired) electrons. The highest BCUT2D eigenvalue weighted by atomic mass is 19.1. The van der Waals surface area contributed by atoms with Gasteiger partial charge in [-0.25, -0.2) is 4.39 Å². The molecule has 9 heteroatoms. The van der Waals surface area contributed by atoms with E-state index in [2.05, 4.69) is 10.6 Å². The Morgan fingerprint density at radius 3 is 2.28 bits per heavy atom. The second kappa shape index (κ2) is 13.0. The Bertz CT molecular complexity index is 1430. The number of rotatable bonds is 11. The number of hydrogen-bond donors (Lipinski definition) is 2. The SMILES string of the molecule is COc1ccc(C(=O)N/C(=C\c2ccco2)C(=O)NCc2ccc(OCc3ccc(F)cc3)cc2)cc1OC. The Kier molecular flexibility index (Phi) is 8.97. The molecule has 0 unspecified atom stereocenters. The predicted molar refractivity (Wildman–Crippen MR) is 143 cm³/mol. The van der Waals surface area contributed by atoms with Crippen LogP contribution in [-0.4, -0.2) is 26.0 Å². The zero-order valence-electron chi connectivity index (χ0n) is 21.4. The number of carbonyl (C=O) groups excluding carboxylic acids is 2. The zero-order valence-corrected chi connectivity index (χ0v) is 21.4. The molecular weight excluding hydrogens is 503 g/mol. The summed E-state index contributed by atoms with van der Waals surface area (Å²) in [6, 6.07) is 21.3. The minimum absolute atomic E-state index is 0.00369. The maximum Gasteiger partial charge on any atom is 0.268 e. The quantitative estimate of drug-likeness (QED) is 0.262. The summed E-state index contributed by atoms with van der Waals surface area (Å²) in [5.41, 5.74) is 1.95. The van der Waals surface area contributed by atoms with Crippen LogP contribution in [-0.2, 0) is 17.9 Å². The van der Waals surface area contributed by atoms with Crippen LogP contribution in [0.5, 0.6) is 17.2 Å². The number of carbonyl (C=O) groups is 2. The summed E-state index contributed by atoms with van der Waals surface area (Å²) in [7, 11) is 2.97. The number of amides is 2. The van der Waals surface area contributed by atoms with Crippen LogP contribution in [0.2, 0.25) is 0 Å². The molecular formula is C30H27FN2O6. The minimum atomic E-state index is -0.508. The first kappa shape index (κ1) is 27.0. The Morgan fingerprint density at radius 2 is 1.62 bits per heavy atom. The Balaban J connectivity index is 1.39. The van der Waals surface area contributed by atoms with Gasteiger partial charge in [0.25, 0.3) is 11.8 Å². The molecule has 0 spiro atoms. The second-order valence-electron chi connectivity index (χ2n) is 8.34. The van der Waals surface area contributed by atoms with Crippen LogP contribution in [0.15, 0.2) is 95.2 Å². The molecule has 200 valence electrons. The van der Waals surface area contributed by atoms with E-state index in [-0.39, 0.29) is 23.6 Å². The molecule has 4 aromatic rings. The monoisotopic (exact) mass is 530 g/mol. The second-order valence-corrected chi connectivity index (χ2v) is 8.34. The number of halogens is 1. The van der Waals surface area contributed by atoms with Gasteiger partial charge in [0, 0.05) is 18.2 Å². The molecule has 1 heterocycles. The van der Waals surface area contributed by atoms with Gasteiger partial charge in [0.1, 0.15) is 29.6 Å². The van der Waals surface area contributed by atoms with E-state index in [0.29, 0.717) is 29.6 Å². The van der Waals surface area contributed by atoms with Crippen molar-refractivity contribution in [1.82, 2.24) is 10.6 Å². The van der Waals surface area contributed by atoms with E-state index in [1.54, 1.807) is 48.5 Å². The van der Waals surface area contributed by atoms with E-state index in [9.17, 15) is 14.0 Å². The normalized spacial score (nSPS) is 11.0. The number of furan rings is 1. The number of benzene rings is 3. The highest BCUT2D eigenvalue weighted by Gasteiger charge is 2.17. The maximum atomic E-state index is 13.1. The van der Waals surface area contributed by atoms with Crippen molar-refractivity contribution >= 4 is 17.9 Å². The van der Waals surface area contributed by atoms with Gasteiger partial charge in [0.15, 0.2) is 11.5 Å². The summed E-state index contributed by atoms with van der Waals surface area (Å²) in [6.07, 6.45) is 2.91. The van der Waals surface area contributed by atoms with Gasteiger partial charge in [-0.2, -0.15) is 0 Å². The third-order valence-corrected chi connectivity index (χ3v) is 5.66. The predicted octanol–water partition coefficient (Wildman–Crippen LogP) is 5.10. The van der Waals surface area contributed by atoms with E-state index in [1.807, 2.05) is 12.1 Å². The van der Waals surface area contributed by atoms with E-state index in [1.165, 1.54) is 44.8 Å². The van der Waals surface area contributed by atoms with Crippen LogP contribution < -0.4 is 24.8 Å². The first-order valence-corrected chi connectivity index (χ1v) is 12.0. The Morgan fingerprint density at radius 1 is 0.897 bits per heavy atom. The lowest BCUT2D eigenvalue weighted by atomic mass is 10.1. The van der Waals surface area contributed by atoms with Crippen molar-refractivity contribution in [2.45, 2.75) is 13.2 Å². The summed E-state index contributed by atoms with van der Waals surface area (Å²) in [6.45, 7) is 0.510. The summed E-state index contributed by atoms with van der Waals surface area (Å²) < 4.78 is 34.6. The zero-order chi connectivity index (χ0) is 27.6. The average Bonchev–Trinajstić information content (AvgIpc) is 3.48. The van der Waals surface area contributed by atoms with Crippen LogP contribution in [0.25, 0.3) is 6.08 Å². The number of ether oxygens (including phenoxy) is 3. The average molecular weight is 531 g/mol. The van der Waals surface area contributed by atoms with Crippen molar-refractivity contribution in [3.63, 3.8) is 0 Å². The van der Waals surface area contributed by atoms with Crippen LogP contribution in [0.4, 0.5) is 4.39 Å². The number of hydrogen-bond acceptors (Lipinski definition) is 6. The standard InChI is InChI=1S/C30H27FN2O6/c1-36-27-14-9-22(16-28(27)37-2)29(34)33-26(17-25-4-3-15-38-25)30(35)32-18-20-7-12-24(13-8-20)39-19-21-5-10-23(31)11-6-21/h3-17H,18-19H2,1-2H3,(H,32,35)(H,33,34)/b26-17-. The summed E-state index contributed by atoms with van der Waals surface area (Å²) >= 11 is 0. The molecule has 0 aliphatic rings. The van der Waals surface area contributed by atoms with Crippen molar-refractivity contribution in [3.05, 3.63) is 119 Å².